The van der Waals surface area contributed by atoms with E-state index in [4.69, 9.17) is 4.74 Å². The van der Waals surface area contributed by atoms with E-state index >= 15 is 0 Å². The van der Waals surface area contributed by atoms with Crippen molar-refractivity contribution in [3.63, 3.8) is 0 Å². The van der Waals surface area contributed by atoms with Gasteiger partial charge in [-0.05, 0) is 55.0 Å². The van der Waals surface area contributed by atoms with Crippen LogP contribution in [0.1, 0.15) is 18.5 Å². The number of rotatable bonds is 4. The SMILES string of the molecule is COc1ccc(N2C(=O)[C@@]3(C=C(C)Cn4c(=O)n(-c5ccccc5)c(=O)n43)[C@H]2c2ccccc2)cc1. The highest BCUT2D eigenvalue weighted by atomic mass is 16.5. The van der Waals surface area contributed by atoms with Crippen LogP contribution in [0.4, 0.5) is 5.69 Å². The molecule has 8 nitrogen and oxygen atoms in total. The molecule has 4 aromatic rings. The summed E-state index contributed by atoms with van der Waals surface area (Å²) >= 11 is 0. The van der Waals surface area contributed by atoms with E-state index in [0.29, 0.717) is 17.1 Å². The Kier molecular flexibility index (Phi) is 4.86. The number of ether oxygens (including phenoxy) is 1. The van der Waals surface area contributed by atoms with Crippen LogP contribution in [-0.2, 0) is 16.9 Å². The Balaban J connectivity index is 1.61. The number of fused-ring (bicyclic) bond motifs is 2. The van der Waals surface area contributed by atoms with Crippen molar-refractivity contribution in [1.82, 2.24) is 13.9 Å². The number of hydrogen-bond donors (Lipinski definition) is 0. The summed E-state index contributed by atoms with van der Waals surface area (Å²) in [5.74, 6) is 0.401. The first-order chi connectivity index (χ1) is 17.5. The van der Waals surface area contributed by atoms with E-state index in [1.54, 1.807) is 48.4 Å². The number of hydrogen-bond acceptors (Lipinski definition) is 4. The molecule has 180 valence electrons. The number of anilines is 1. The van der Waals surface area contributed by atoms with E-state index in [0.717, 1.165) is 15.7 Å². The molecule has 0 unspecified atom stereocenters. The molecule has 1 aromatic heterocycles. The third kappa shape index (κ3) is 2.90. The summed E-state index contributed by atoms with van der Waals surface area (Å²) in [6.07, 6.45) is 1.85. The highest BCUT2D eigenvalue weighted by Crippen LogP contribution is 2.52. The average molecular weight is 481 g/mol. The second-order valence-electron chi connectivity index (χ2n) is 9.11. The number of para-hydroxylation sites is 1. The van der Waals surface area contributed by atoms with Crippen LogP contribution in [0.5, 0.6) is 5.75 Å². The normalized spacial score (nSPS) is 20.6. The van der Waals surface area contributed by atoms with Crippen LogP contribution in [-0.4, -0.2) is 26.9 Å². The molecule has 2 aliphatic rings. The van der Waals surface area contributed by atoms with E-state index in [1.807, 2.05) is 61.5 Å². The Hall–Kier alpha value is -4.59. The van der Waals surface area contributed by atoms with E-state index in [2.05, 4.69) is 0 Å². The molecule has 8 heteroatoms. The Morgan fingerprint density at radius 1 is 0.806 bits per heavy atom. The molecule has 1 fully saturated rings. The van der Waals surface area contributed by atoms with Gasteiger partial charge < -0.3 is 4.74 Å². The third-order valence-corrected chi connectivity index (χ3v) is 6.96. The third-order valence-electron chi connectivity index (χ3n) is 6.96. The highest BCUT2D eigenvalue weighted by Gasteiger charge is 2.65. The number of carbonyl (C=O) groups is 1. The van der Waals surface area contributed by atoms with Crippen molar-refractivity contribution in [1.29, 1.82) is 0 Å². The maximum Gasteiger partial charge on any atom is 0.353 e. The highest BCUT2D eigenvalue weighted by molar-refractivity contribution is 6.09. The Bertz CT molecular complexity index is 1610. The summed E-state index contributed by atoms with van der Waals surface area (Å²) in [5, 5.41) is 0. The summed E-state index contributed by atoms with van der Waals surface area (Å²) in [5.41, 5.74) is 0.452. The maximum absolute atomic E-state index is 14.2. The first-order valence-electron chi connectivity index (χ1n) is 11.7. The van der Waals surface area contributed by atoms with Gasteiger partial charge in [0.05, 0.1) is 19.3 Å². The number of allylic oxidation sites excluding steroid dienone is 1. The van der Waals surface area contributed by atoms with Gasteiger partial charge in [-0.2, -0.15) is 0 Å². The molecule has 0 N–H and O–H groups in total. The van der Waals surface area contributed by atoms with Gasteiger partial charge in [-0.15, -0.1) is 0 Å². The van der Waals surface area contributed by atoms with Crippen LogP contribution >= 0.6 is 0 Å². The molecule has 2 atom stereocenters. The van der Waals surface area contributed by atoms with Crippen molar-refractivity contribution < 1.29 is 9.53 Å². The Morgan fingerprint density at radius 3 is 2.08 bits per heavy atom. The lowest BCUT2D eigenvalue weighted by atomic mass is 9.73. The summed E-state index contributed by atoms with van der Waals surface area (Å²) in [7, 11) is 1.59. The molecule has 0 aliphatic carbocycles. The van der Waals surface area contributed by atoms with Crippen molar-refractivity contribution >= 4 is 11.6 Å². The predicted octanol–water partition coefficient (Wildman–Crippen LogP) is 3.25. The lowest BCUT2D eigenvalue weighted by Crippen LogP contribution is -2.72. The molecule has 3 heterocycles. The second kappa shape index (κ2) is 7.98. The van der Waals surface area contributed by atoms with Crippen LogP contribution in [0.25, 0.3) is 5.69 Å². The summed E-state index contributed by atoms with van der Waals surface area (Å²) in [6.45, 7) is 2.11. The molecule has 2 aliphatic heterocycles. The number of amides is 1. The number of methoxy groups -OCH3 is 1. The average Bonchev–Trinajstić information content (AvgIpc) is 3.16. The van der Waals surface area contributed by atoms with Gasteiger partial charge in [-0.25, -0.2) is 23.5 Å². The van der Waals surface area contributed by atoms with Crippen molar-refractivity contribution in [3.05, 3.63) is 123 Å². The quantitative estimate of drug-likeness (QED) is 0.332. The lowest BCUT2D eigenvalue weighted by Gasteiger charge is -2.56. The molecule has 0 radical (unpaired) electrons. The molecule has 1 saturated heterocycles. The van der Waals surface area contributed by atoms with Gasteiger partial charge in [0.25, 0.3) is 5.91 Å². The number of carbonyl (C=O) groups excluding carboxylic acids is 1. The van der Waals surface area contributed by atoms with Gasteiger partial charge >= 0.3 is 11.4 Å². The Morgan fingerprint density at radius 2 is 1.44 bits per heavy atom. The van der Waals surface area contributed by atoms with Gasteiger partial charge in [0.2, 0.25) is 0 Å². The Labute approximate surface area is 206 Å². The maximum atomic E-state index is 14.2. The van der Waals surface area contributed by atoms with Gasteiger partial charge in [0, 0.05) is 5.69 Å². The second-order valence-corrected chi connectivity index (χ2v) is 9.11. The standard InChI is InChI=1S/C28H24N4O4/c1-19-17-28(32-27(35)31(26(34)29(32)18-19)21-11-7-4-8-12-21)24(20-9-5-3-6-10-20)30(25(28)33)22-13-15-23(36-2)16-14-22/h3-17,24H,18H2,1-2H3/t24-,28-/m1/s1. The topological polar surface area (TPSA) is 78.5 Å². The monoisotopic (exact) mass is 480 g/mol. The van der Waals surface area contributed by atoms with E-state index in [1.165, 1.54) is 9.36 Å². The molecular weight excluding hydrogens is 456 g/mol. The minimum Gasteiger partial charge on any atom is -0.497 e. The summed E-state index contributed by atoms with van der Waals surface area (Å²) in [6, 6.07) is 25.1. The van der Waals surface area contributed by atoms with Crippen molar-refractivity contribution in [2.45, 2.75) is 25.0 Å². The van der Waals surface area contributed by atoms with Crippen molar-refractivity contribution in [2.24, 2.45) is 0 Å². The first kappa shape index (κ1) is 21.9. The first-order valence-corrected chi connectivity index (χ1v) is 11.7. The molecule has 36 heavy (non-hydrogen) atoms. The molecule has 0 saturated carbocycles. The number of nitrogens with zero attached hydrogens (tertiary/aromatic N) is 4. The van der Waals surface area contributed by atoms with Gasteiger partial charge in [0.15, 0.2) is 5.54 Å². The summed E-state index contributed by atoms with van der Waals surface area (Å²) < 4.78 is 9.17. The van der Waals surface area contributed by atoms with Crippen molar-refractivity contribution in [3.8, 4) is 11.4 Å². The van der Waals surface area contributed by atoms with E-state index in [9.17, 15) is 14.4 Å². The largest absolute Gasteiger partial charge is 0.497 e. The summed E-state index contributed by atoms with van der Waals surface area (Å²) in [4.78, 5) is 43.3. The minimum absolute atomic E-state index is 0.229. The number of benzene rings is 3. The number of aromatic nitrogens is 3. The van der Waals surface area contributed by atoms with Gasteiger partial charge in [0.1, 0.15) is 11.8 Å². The predicted molar refractivity (Wildman–Crippen MR) is 136 cm³/mol. The zero-order valence-electron chi connectivity index (χ0n) is 19.9. The smallest absolute Gasteiger partial charge is 0.353 e. The van der Waals surface area contributed by atoms with Crippen LogP contribution in [0.15, 0.2) is 106 Å². The van der Waals surface area contributed by atoms with E-state index < -0.39 is 23.0 Å². The molecule has 1 amide bonds. The number of β-lactam (4-membered cyclic amide) rings is 1. The van der Waals surface area contributed by atoms with Crippen LogP contribution in [0.3, 0.4) is 0 Å². The molecule has 6 rings (SSSR count). The fourth-order valence-corrected chi connectivity index (χ4v) is 5.45. The molecule has 0 bridgehead atoms. The molecular formula is C28H24N4O4. The fraction of sp³-hybridized carbons (Fsp3) is 0.179. The zero-order valence-corrected chi connectivity index (χ0v) is 19.9. The van der Waals surface area contributed by atoms with Gasteiger partial charge in [-0.3, -0.25) is 9.69 Å². The lowest BCUT2D eigenvalue weighted by molar-refractivity contribution is -0.136. The zero-order chi connectivity index (χ0) is 25.0. The van der Waals surface area contributed by atoms with Gasteiger partial charge in [-0.1, -0.05) is 54.1 Å². The van der Waals surface area contributed by atoms with Crippen LogP contribution in [0, 0.1) is 0 Å². The van der Waals surface area contributed by atoms with Crippen LogP contribution in [0.2, 0.25) is 0 Å². The molecule has 3 aromatic carbocycles. The van der Waals surface area contributed by atoms with E-state index in [-0.39, 0.29) is 12.5 Å². The molecule has 1 spiro atoms. The minimum atomic E-state index is -1.38. The van der Waals surface area contributed by atoms with Crippen molar-refractivity contribution in [2.75, 3.05) is 12.0 Å². The van der Waals surface area contributed by atoms with Crippen LogP contribution < -0.4 is 21.0 Å². The fourth-order valence-electron chi connectivity index (χ4n) is 5.45.